The Bertz CT molecular complexity index is 385. The summed E-state index contributed by atoms with van der Waals surface area (Å²) in [6.45, 7) is 10.5. The molecule has 3 heterocycles. The molecular formula is C15H27N5. The number of aromatic amines is 1. The van der Waals surface area contributed by atoms with Crippen molar-refractivity contribution in [1.29, 1.82) is 0 Å². The lowest BCUT2D eigenvalue weighted by atomic mass is 9.97. The summed E-state index contributed by atoms with van der Waals surface area (Å²) in [6.07, 6.45) is 6.47. The van der Waals surface area contributed by atoms with Crippen LogP contribution in [-0.2, 0) is 0 Å². The van der Waals surface area contributed by atoms with Gasteiger partial charge in [-0.3, -0.25) is 9.80 Å². The fourth-order valence-electron chi connectivity index (χ4n) is 3.57. The highest BCUT2D eigenvalue weighted by Crippen LogP contribution is 2.24. The number of piperazine rings is 1. The lowest BCUT2D eigenvalue weighted by Crippen LogP contribution is -2.50. The molecule has 1 unspecified atom stereocenters. The van der Waals surface area contributed by atoms with E-state index in [-0.39, 0.29) is 0 Å². The fraction of sp³-hybridized carbons (Fsp3) is 0.800. The van der Waals surface area contributed by atoms with Crippen molar-refractivity contribution in [2.75, 3.05) is 45.8 Å². The quantitative estimate of drug-likeness (QED) is 0.865. The molecule has 2 aliphatic heterocycles. The molecule has 0 aromatic carbocycles. The monoisotopic (exact) mass is 277 g/mol. The molecule has 0 spiro atoms. The van der Waals surface area contributed by atoms with Gasteiger partial charge in [-0.1, -0.05) is 6.92 Å². The Balaban J connectivity index is 1.60. The van der Waals surface area contributed by atoms with Gasteiger partial charge in [0.2, 0.25) is 0 Å². The highest BCUT2D eigenvalue weighted by molar-refractivity contribution is 5.00. The zero-order valence-electron chi connectivity index (χ0n) is 12.5. The molecule has 5 heteroatoms. The maximum atomic E-state index is 4.49. The van der Waals surface area contributed by atoms with E-state index in [1.807, 2.05) is 12.4 Å². The molecule has 1 aromatic heterocycles. The Labute approximate surface area is 121 Å². The number of aromatic nitrogens is 2. The van der Waals surface area contributed by atoms with Crippen molar-refractivity contribution < 1.29 is 0 Å². The highest BCUT2D eigenvalue weighted by Gasteiger charge is 2.30. The third kappa shape index (κ3) is 3.22. The first-order valence-corrected chi connectivity index (χ1v) is 8.03. The van der Waals surface area contributed by atoms with Gasteiger partial charge in [0.15, 0.2) is 0 Å². The smallest absolute Gasteiger partial charge is 0.124 e. The molecule has 0 amide bonds. The second-order valence-electron chi connectivity index (χ2n) is 6.07. The van der Waals surface area contributed by atoms with Gasteiger partial charge in [0, 0.05) is 38.6 Å². The molecule has 2 N–H and O–H groups in total. The van der Waals surface area contributed by atoms with E-state index in [1.165, 1.54) is 39.0 Å². The largest absolute Gasteiger partial charge is 0.347 e. The predicted molar refractivity (Wildman–Crippen MR) is 80.6 cm³/mol. The van der Waals surface area contributed by atoms with E-state index < -0.39 is 0 Å². The number of piperidine rings is 1. The van der Waals surface area contributed by atoms with E-state index in [9.17, 15) is 0 Å². The van der Waals surface area contributed by atoms with Gasteiger partial charge in [0.05, 0.1) is 6.04 Å². The van der Waals surface area contributed by atoms with Crippen LogP contribution in [0.5, 0.6) is 0 Å². The summed E-state index contributed by atoms with van der Waals surface area (Å²) in [5.41, 5.74) is 0. The van der Waals surface area contributed by atoms with E-state index in [1.54, 1.807) is 0 Å². The standard InChI is InChI=1S/C15H27N5/c1-2-20-10-9-19(11-13-3-5-16-6-4-13)12-14(20)15-17-7-8-18-15/h7-8,13-14,16H,2-6,9-12H2,1H3,(H,17,18). The summed E-state index contributed by atoms with van der Waals surface area (Å²) in [5, 5.41) is 3.46. The minimum atomic E-state index is 0.436. The second kappa shape index (κ2) is 6.70. The van der Waals surface area contributed by atoms with Crippen molar-refractivity contribution >= 4 is 0 Å². The van der Waals surface area contributed by atoms with Gasteiger partial charge in [-0.25, -0.2) is 4.98 Å². The molecule has 0 radical (unpaired) electrons. The third-order valence-corrected chi connectivity index (χ3v) is 4.79. The lowest BCUT2D eigenvalue weighted by Gasteiger charge is -2.41. The third-order valence-electron chi connectivity index (χ3n) is 4.79. The number of nitrogens with one attached hydrogen (secondary N) is 2. The molecule has 0 bridgehead atoms. The van der Waals surface area contributed by atoms with Gasteiger partial charge in [0.1, 0.15) is 5.82 Å². The Morgan fingerprint density at radius 3 is 2.85 bits per heavy atom. The fourth-order valence-corrected chi connectivity index (χ4v) is 3.57. The predicted octanol–water partition coefficient (Wildman–Crippen LogP) is 1.09. The topological polar surface area (TPSA) is 47.2 Å². The Kier molecular flexibility index (Phi) is 4.70. The van der Waals surface area contributed by atoms with Crippen LogP contribution in [0.25, 0.3) is 0 Å². The van der Waals surface area contributed by atoms with E-state index in [2.05, 4.69) is 32.0 Å². The van der Waals surface area contributed by atoms with Crippen LogP contribution in [0.1, 0.15) is 31.6 Å². The maximum absolute atomic E-state index is 4.49. The zero-order valence-corrected chi connectivity index (χ0v) is 12.5. The minimum Gasteiger partial charge on any atom is -0.347 e. The second-order valence-corrected chi connectivity index (χ2v) is 6.07. The molecule has 0 saturated carbocycles. The minimum absolute atomic E-state index is 0.436. The maximum Gasteiger partial charge on any atom is 0.124 e. The van der Waals surface area contributed by atoms with Gasteiger partial charge < -0.3 is 10.3 Å². The van der Waals surface area contributed by atoms with Crippen LogP contribution in [0, 0.1) is 5.92 Å². The summed E-state index contributed by atoms with van der Waals surface area (Å²) >= 11 is 0. The van der Waals surface area contributed by atoms with Crippen LogP contribution in [0.4, 0.5) is 0 Å². The van der Waals surface area contributed by atoms with Crippen molar-refractivity contribution in [3.8, 4) is 0 Å². The summed E-state index contributed by atoms with van der Waals surface area (Å²) in [7, 11) is 0. The number of likely N-dealkylation sites (N-methyl/N-ethyl adjacent to an activating group) is 1. The van der Waals surface area contributed by atoms with Crippen LogP contribution in [0.15, 0.2) is 12.4 Å². The van der Waals surface area contributed by atoms with Crippen molar-refractivity contribution in [3.63, 3.8) is 0 Å². The Morgan fingerprint density at radius 2 is 2.15 bits per heavy atom. The molecule has 5 nitrogen and oxygen atoms in total. The SMILES string of the molecule is CCN1CCN(CC2CCNCC2)CC1c1ncc[nH]1. The summed E-state index contributed by atoms with van der Waals surface area (Å²) in [4.78, 5) is 13.0. The van der Waals surface area contributed by atoms with Crippen molar-refractivity contribution in [1.82, 2.24) is 25.1 Å². The average molecular weight is 277 g/mol. The number of hydrogen-bond acceptors (Lipinski definition) is 4. The molecule has 112 valence electrons. The first kappa shape index (κ1) is 14.0. The molecule has 2 saturated heterocycles. The molecule has 3 rings (SSSR count). The Hall–Kier alpha value is -0.910. The van der Waals surface area contributed by atoms with E-state index in [4.69, 9.17) is 0 Å². The van der Waals surface area contributed by atoms with Crippen molar-refractivity contribution in [2.24, 2.45) is 5.92 Å². The van der Waals surface area contributed by atoms with Crippen LogP contribution in [0.3, 0.4) is 0 Å². The number of hydrogen-bond donors (Lipinski definition) is 2. The van der Waals surface area contributed by atoms with Crippen molar-refractivity contribution in [3.05, 3.63) is 18.2 Å². The van der Waals surface area contributed by atoms with Gasteiger partial charge in [0.25, 0.3) is 0 Å². The van der Waals surface area contributed by atoms with Crippen LogP contribution in [0.2, 0.25) is 0 Å². The van der Waals surface area contributed by atoms with E-state index in [0.717, 1.165) is 31.4 Å². The zero-order chi connectivity index (χ0) is 13.8. The number of H-pyrrole nitrogens is 1. The number of imidazole rings is 1. The van der Waals surface area contributed by atoms with Crippen LogP contribution >= 0.6 is 0 Å². The van der Waals surface area contributed by atoms with Gasteiger partial charge in [-0.2, -0.15) is 0 Å². The first-order chi connectivity index (χ1) is 9.86. The Morgan fingerprint density at radius 1 is 1.30 bits per heavy atom. The van der Waals surface area contributed by atoms with Crippen molar-refractivity contribution in [2.45, 2.75) is 25.8 Å². The number of nitrogens with zero attached hydrogens (tertiary/aromatic N) is 3. The lowest BCUT2D eigenvalue weighted by molar-refractivity contribution is 0.0607. The van der Waals surface area contributed by atoms with Crippen LogP contribution < -0.4 is 5.32 Å². The van der Waals surface area contributed by atoms with Gasteiger partial charge >= 0.3 is 0 Å². The highest BCUT2D eigenvalue weighted by atomic mass is 15.3. The van der Waals surface area contributed by atoms with Crippen LogP contribution in [-0.4, -0.2) is 65.6 Å². The normalized spacial score (nSPS) is 26.9. The molecule has 1 atom stereocenters. The molecule has 1 aromatic rings. The van der Waals surface area contributed by atoms with Gasteiger partial charge in [-0.15, -0.1) is 0 Å². The molecular weight excluding hydrogens is 250 g/mol. The molecule has 2 fully saturated rings. The average Bonchev–Trinajstić information content (AvgIpc) is 3.02. The molecule has 2 aliphatic rings. The molecule has 0 aliphatic carbocycles. The summed E-state index contributed by atoms with van der Waals surface area (Å²) in [6, 6.07) is 0.436. The van der Waals surface area contributed by atoms with E-state index >= 15 is 0 Å². The number of rotatable bonds is 4. The van der Waals surface area contributed by atoms with Gasteiger partial charge in [-0.05, 0) is 38.4 Å². The summed E-state index contributed by atoms with van der Waals surface area (Å²) < 4.78 is 0. The van der Waals surface area contributed by atoms with E-state index in [0.29, 0.717) is 6.04 Å². The first-order valence-electron chi connectivity index (χ1n) is 8.03. The molecule has 20 heavy (non-hydrogen) atoms. The summed E-state index contributed by atoms with van der Waals surface area (Å²) in [5.74, 6) is 2.00.